The van der Waals surface area contributed by atoms with Crippen LogP contribution in [0, 0.1) is 0 Å². The molecule has 2 aliphatic heterocycles. The number of hydrogen-bond donors (Lipinski definition) is 2. The SMILES string of the molecule is CCOc1nc(N[C@@H]2CCN(C(=O)c3ccc(N)c(OC4CCOC4)c3)C2)ncc1Cl. The van der Waals surface area contributed by atoms with Crippen molar-refractivity contribution >= 4 is 29.1 Å². The van der Waals surface area contributed by atoms with Gasteiger partial charge in [-0.25, -0.2) is 4.98 Å². The van der Waals surface area contributed by atoms with Crippen molar-refractivity contribution in [2.24, 2.45) is 0 Å². The predicted octanol–water partition coefficient (Wildman–Crippen LogP) is 2.61. The number of ether oxygens (including phenoxy) is 3. The number of benzene rings is 1. The second-order valence-electron chi connectivity index (χ2n) is 7.52. The Kier molecular flexibility index (Phi) is 6.62. The highest BCUT2D eigenvalue weighted by atomic mass is 35.5. The second kappa shape index (κ2) is 9.57. The summed E-state index contributed by atoms with van der Waals surface area (Å²) in [5, 5.41) is 3.62. The van der Waals surface area contributed by atoms with Gasteiger partial charge in [-0.2, -0.15) is 4.98 Å². The minimum Gasteiger partial charge on any atom is -0.486 e. The summed E-state index contributed by atoms with van der Waals surface area (Å²) in [7, 11) is 0. The number of carbonyl (C=O) groups excluding carboxylic acids is 1. The molecule has 9 nitrogen and oxygen atoms in total. The molecule has 2 saturated heterocycles. The fourth-order valence-electron chi connectivity index (χ4n) is 3.64. The quantitative estimate of drug-likeness (QED) is 0.623. The molecule has 2 fully saturated rings. The maximum absolute atomic E-state index is 13.0. The lowest BCUT2D eigenvalue weighted by molar-refractivity contribution is 0.0790. The van der Waals surface area contributed by atoms with E-state index in [-0.39, 0.29) is 18.1 Å². The predicted molar refractivity (Wildman–Crippen MR) is 117 cm³/mol. The van der Waals surface area contributed by atoms with Crippen LogP contribution in [0.2, 0.25) is 5.02 Å². The van der Waals surface area contributed by atoms with Gasteiger partial charge in [-0.1, -0.05) is 11.6 Å². The summed E-state index contributed by atoms with van der Waals surface area (Å²) in [5.41, 5.74) is 7.09. The molecule has 0 bridgehead atoms. The number of halogens is 1. The lowest BCUT2D eigenvalue weighted by atomic mass is 10.1. The largest absolute Gasteiger partial charge is 0.486 e. The zero-order chi connectivity index (χ0) is 21.8. The van der Waals surface area contributed by atoms with Gasteiger partial charge in [-0.05, 0) is 31.5 Å². The van der Waals surface area contributed by atoms with Crippen LogP contribution in [0.25, 0.3) is 0 Å². The summed E-state index contributed by atoms with van der Waals surface area (Å²) in [6, 6.07) is 5.18. The third-order valence-corrected chi connectivity index (χ3v) is 5.50. The molecule has 2 atom stereocenters. The molecule has 2 aromatic rings. The van der Waals surface area contributed by atoms with Crippen LogP contribution in [-0.2, 0) is 4.74 Å². The molecular weight excluding hydrogens is 422 g/mol. The van der Waals surface area contributed by atoms with Crippen LogP contribution in [0.3, 0.4) is 0 Å². The molecule has 1 aromatic carbocycles. The van der Waals surface area contributed by atoms with E-state index in [1.807, 2.05) is 6.92 Å². The van der Waals surface area contributed by atoms with Gasteiger partial charge in [0, 0.05) is 31.1 Å². The van der Waals surface area contributed by atoms with Crippen LogP contribution in [0.5, 0.6) is 11.6 Å². The van der Waals surface area contributed by atoms with E-state index >= 15 is 0 Å². The Labute approximate surface area is 185 Å². The van der Waals surface area contributed by atoms with Gasteiger partial charge in [0.1, 0.15) is 16.9 Å². The first-order valence-corrected chi connectivity index (χ1v) is 10.8. The van der Waals surface area contributed by atoms with Crippen LogP contribution < -0.4 is 20.5 Å². The van der Waals surface area contributed by atoms with Crippen molar-refractivity contribution in [2.45, 2.75) is 31.9 Å². The van der Waals surface area contributed by atoms with Gasteiger partial charge >= 0.3 is 0 Å². The Morgan fingerprint density at radius 1 is 1.42 bits per heavy atom. The monoisotopic (exact) mass is 447 g/mol. The Morgan fingerprint density at radius 3 is 3.06 bits per heavy atom. The molecule has 1 unspecified atom stereocenters. The molecule has 10 heteroatoms. The Hall–Kier alpha value is -2.78. The molecule has 1 aromatic heterocycles. The van der Waals surface area contributed by atoms with Crippen molar-refractivity contribution in [3.05, 3.63) is 35.0 Å². The zero-order valence-electron chi connectivity index (χ0n) is 17.3. The van der Waals surface area contributed by atoms with E-state index in [0.717, 1.165) is 12.8 Å². The van der Waals surface area contributed by atoms with Gasteiger partial charge < -0.3 is 30.2 Å². The summed E-state index contributed by atoms with van der Waals surface area (Å²) >= 11 is 6.04. The number of aromatic nitrogens is 2. The second-order valence-corrected chi connectivity index (χ2v) is 7.92. The third-order valence-electron chi connectivity index (χ3n) is 5.24. The van der Waals surface area contributed by atoms with Gasteiger partial charge in [0.15, 0.2) is 0 Å². The summed E-state index contributed by atoms with van der Waals surface area (Å²) in [5.74, 6) is 1.22. The van der Waals surface area contributed by atoms with E-state index in [2.05, 4.69) is 15.3 Å². The Balaban J connectivity index is 1.39. The molecule has 1 amide bonds. The minimum atomic E-state index is -0.0659. The summed E-state index contributed by atoms with van der Waals surface area (Å²) in [6.07, 6.45) is 3.06. The molecule has 3 heterocycles. The van der Waals surface area contributed by atoms with Gasteiger partial charge in [0.25, 0.3) is 5.91 Å². The van der Waals surface area contributed by atoms with Crippen LogP contribution in [-0.4, -0.2) is 65.8 Å². The first-order chi connectivity index (χ1) is 15.0. The maximum Gasteiger partial charge on any atom is 0.254 e. The normalized spacial score (nSPS) is 20.6. The van der Waals surface area contributed by atoms with Crippen molar-refractivity contribution in [1.29, 1.82) is 0 Å². The molecule has 0 saturated carbocycles. The molecular formula is C21H26ClN5O4. The molecule has 0 radical (unpaired) electrons. The van der Waals surface area contributed by atoms with Crippen molar-refractivity contribution in [2.75, 3.05) is 44.0 Å². The number of nitrogens with two attached hydrogens (primary N) is 1. The number of carbonyl (C=O) groups is 1. The molecule has 166 valence electrons. The van der Waals surface area contributed by atoms with E-state index in [1.165, 1.54) is 6.20 Å². The molecule has 31 heavy (non-hydrogen) atoms. The number of anilines is 2. The minimum absolute atomic E-state index is 0.0275. The van der Waals surface area contributed by atoms with Crippen LogP contribution in [0.15, 0.2) is 24.4 Å². The number of rotatable bonds is 7. The highest BCUT2D eigenvalue weighted by Crippen LogP contribution is 2.28. The van der Waals surface area contributed by atoms with Gasteiger partial charge in [-0.15, -0.1) is 0 Å². The Morgan fingerprint density at radius 2 is 2.29 bits per heavy atom. The summed E-state index contributed by atoms with van der Waals surface area (Å²) in [6.45, 7) is 4.69. The van der Waals surface area contributed by atoms with E-state index in [4.69, 9.17) is 31.5 Å². The van der Waals surface area contributed by atoms with E-state index in [0.29, 0.717) is 66.8 Å². The number of nitrogens with one attached hydrogen (secondary N) is 1. The van der Waals surface area contributed by atoms with Crippen LogP contribution in [0.4, 0.5) is 11.6 Å². The van der Waals surface area contributed by atoms with Crippen LogP contribution >= 0.6 is 11.6 Å². The highest BCUT2D eigenvalue weighted by molar-refractivity contribution is 6.31. The third kappa shape index (κ3) is 5.11. The molecule has 4 rings (SSSR count). The number of nitrogens with zero attached hydrogens (tertiary/aromatic N) is 3. The van der Waals surface area contributed by atoms with Crippen molar-refractivity contribution in [3.8, 4) is 11.6 Å². The van der Waals surface area contributed by atoms with Crippen molar-refractivity contribution < 1.29 is 19.0 Å². The average Bonchev–Trinajstić information content (AvgIpc) is 3.44. The zero-order valence-corrected chi connectivity index (χ0v) is 18.1. The fourth-order valence-corrected chi connectivity index (χ4v) is 3.79. The topological polar surface area (TPSA) is 112 Å². The number of amides is 1. The first kappa shape index (κ1) is 21.5. The molecule has 3 N–H and O–H groups in total. The van der Waals surface area contributed by atoms with Gasteiger partial charge in [-0.3, -0.25) is 4.79 Å². The smallest absolute Gasteiger partial charge is 0.254 e. The molecule has 2 aliphatic rings. The summed E-state index contributed by atoms with van der Waals surface area (Å²) < 4.78 is 16.7. The standard InChI is InChI=1S/C21H26ClN5O4/c1-2-30-19-16(22)10-24-21(26-19)25-14-5-7-27(11-14)20(28)13-3-4-17(23)18(9-13)31-15-6-8-29-12-15/h3-4,9-10,14-15H,2,5-8,11-12,23H2,1H3,(H,24,25,26)/t14-,15?/m1/s1. The van der Waals surface area contributed by atoms with E-state index in [1.54, 1.807) is 23.1 Å². The first-order valence-electron chi connectivity index (χ1n) is 10.4. The average molecular weight is 448 g/mol. The number of likely N-dealkylation sites (tertiary alicyclic amines) is 1. The fraction of sp³-hybridized carbons (Fsp3) is 0.476. The molecule has 0 spiro atoms. The lowest BCUT2D eigenvalue weighted by Gasteiger charge is -2.19. The summed E-state index contributed by atoms with van der Waals surface area (Å²) in [4.78, 5) is 23.3. The number of nitrogen functional groups attached to an aromatic ring is 1. The maximum atomic E-state index is 13.0. The van der Waals surface area contributed by atoms with E-state index in [9.17, 15) is 4.79 Å². The van der Waals surface area contributed by atoms with Gasteiger partial charge in [0.2, 0.25) is 11.8 Å². The lowest BCUT2D eigenvalue weighted by Crippen LogP contribution is -2.32. The number of hydrogen-bond acceptors (Lipinski definition) is 8. The Bertz CT molecular complexity index is 938. The highest BCUT2D eigenvalue weighted by Gasteiger charge is 2.28. The molecule has 0 aliphatic carbocycles. The van der Waals surface area contributed by atoms with Crippen molar-refractivity contribution in [3.63, 3.8) is 0 Å². The van der Waals surface area contributed by atoms with Crippen molar-refractivity contribution in [1.82, 2.24) is 14.9 Å². The van der Waals surface area contributed by atoms with Gasteiger partial charge in [0.05, 0.1) is 31.7 Å². The van der Waals surface area contributed by atoms with E-state index < -0.39 is 0 Å². The van der Waals surface area contributed by atoms with Crippen LogP contribution in [0.1, 0.15) is 30.1 Å².